The zero-order valence-electron chi connectivity index (χ0n) is 14.4. The van der Waals surface area contributed by atoms with E-state index < -0.39 is 10.7 Å². The first kappa shape index (κ1) is 17.1. The molecule has 1 aromatic carbocycles. The number of nitrogens with one attached hydrogen (secondary N) is 1. The van der Waals surface area contributed by atoms with Crippen LogP contribution in [-0.2, 0) is 5.41 Å². The Morgan fingerprint density at radius 1 is 1.07 bits per heavy atom. The Balaban J connectivity index is 1.60. The second kappa shape index (κ2) is 6.75. The van der Waals surface area contributed by atoms with Crippen LogP contribution in [0.5, 0.6) is 0 Å². The topological polar surface area (TPSA) is 81.0 Å². The molecule has 4 rings (SSSR count). The van der Waals surface area contributed by atoms with Crippen LogP contribution in [0.15, 0.2) is 60.9 Å². The minimum Gasteiger partial charge on any atom is -0.369 e. The first-order valence-corrected chi connectivity index (χ1v) is 8.63. The van der Waals surface area contributed by atoms with E-state index in [1.165, 1.54) is 35.9 Å². The molecule has 27 heavy (non-hydrogen) atoms. The lowest BCUT2D eigenvalue weighted by Crippen LogP contribution is -2.20. The summed E-state index contributed by atoms with van der Waals surface area (Å²) in [6.45, 7) is 0.685. The summed E-state index contributed by atoms with van der Waals surface area (Å²) in [5.74, 6) is 0.156. The highest BCUT2D eigenvalue weighted by molar-refractivity contribution is 5.71. The van der Waals surface area contributed by atoms with E-state index in [0.717, 1.165) is 12.8 Å². The maximum absolute atomic E-state index is 13.2. The number of anilines is 1. The van der Waals surface area contributed by atoms with Crippen molar-refractivity contribution < 1.29 is 9.31 Å². The third-order valence-corrected chi connectivity index (χ3v) is 4.94. The fourth-order valence-electron chi connectivity index (χ4n) is 3.20. The predicted molar refractivity (Wildman–Crippen MR) is 99.9 cm³/mol. The molecular formula is C20H17FN4O2. The molecule has 6 nitrogen and oxygen atoms in total. The minimum atomic E-state index is -0.477. The summed E-state index contributed by atoms with van der Waals surface area (Å²) in [7, 11) is 0. The van der Waals surface area contributed by atoms with E-state index in [-0.39, 0.29) is 16.8 Å². The molecule has 2 heterocycles. The zero-order valence-corrected chi connectivity index (χ0v) is 14.4. The van der Waals surface area contributed by atoms with Gasteiger partial charge in [0.05, 0.1) is 4.92 Å². The van der Waals surface area contributed by atoms with Crippen LogP contribution < -0.4 is 5.32 Å². The smallest absolute Gasteiger partial charge is 0.295 e. The fourth-order valence-corrected chi connectivity index (χ4v) is 3.20. The van der Waals surface area contributed by atoms with E-state index in [2.05, 4.69) is 15.3 Å². The van der Waals surface area contributed by atoms with Crippen molar-refractivity contribution in [2.24, 2.45) is 0 Å². The van der Waals surface area contributed by atoms with Crippen molar-refractivity contribution in [3.05, 3.63) is 82.4 Å². The van der Waals surface area contributed by atoms with Gasteiger partial charge < -0.3 is 5.32 Å². The summed E-state index contributed by atoms with van der Waals surface area (Å²) in [6, 6.07) is 12.6. The third kappa shape index (κ3) is 3.48. The summed E-state index contributed by atoms with van der Waals surface area (Å²) in [4.78, 5) is 19.4. The standard InChI is InChI=1S/C20H17FN4O2/c21-16-3-1-14(2-4-16)19-17(25(26)27)5-6-18(24-19)23-13-20(9-10-20)15-7-11-22-12-8-15/h1-8,11-12H,9-10,13H2,(H,23,24). The Hall–Kier alpha value is -3.35. The van der Waals surface area contributed by atoms with Crippen LogP contribution >= 0.6 is 0 Å². The van der Waals surface area contributed by atoms with Gasteiger partial charge in [-0.25, -0.2) is 9.37 Å². The number of benzene rings is 1. The lowest BCUT2D eigenvalue weighted by atomic mass is 9.97. The van der Waals surface area contributed by atoms with Gasteiger partial charge in [0.15, 0.2) is 5.69 Å². The normalized spacial score (nSPS) is 14.6. The van der Waals surface area contributed by atoms with Gasteiger partial charge in [-0.05, 0) is 60.9 Å². The van der Waals surface area contributed by atoms with Crippen LogP contribution in [-0.4, -0.2) is 21.4 Å². The van der Waals surface area contributed by atoms with E-state index in [9.17, 15) is 14.5 Å². The molecule has 0 unspecified atom stereocenters. The Morgan fingerprint density at radius 2 is 1.78 bits per heavy atom. The summed E-state index contributed by atoms with van der Waals surface area (Å²) in [5, 5.41) is 14.7. The maximum atomic E-state index is 13.2. The number of rotatable bonds is 6. The van der Waals surface area contributed by atoms with Crippen molar-refractivity contribution in [2.75, 3.05) is 11.9 Å². The number of nitro groups is 1. The Labute approximate surface area is 155 Å². The maximum Gasteiger partial charge on any atom is 0.295 e. The van der Waals surface area contributed by atoms with Crippen LogP contribution in [0, 0.1) is 15.9 Å². The Bertz CT molecular complexity index is 973. The summed E-state index contributed by atoms with van der Waals surface area (Å²) >= 11 is 0. The Kier molecular flexibility index (Phi) is 4.27. The molecule has 1 aliphatic rings. The summed E-state index contributed by atoms with van der Waals surface area (Å²) in [6.07, 6.45) is 5.71. The van der Waals surface area contributed by atoms with Crippen molar-refractivity contribution in [2.45, 2.75) is 18.3 Å². The van der Waals surface area contributed by atoms with Gasteiger partial charge in [-0.15, -0.1) is 0 Å². The zero-order chi connectivity index (χ0) is 18.9. The quantitative estimate of drug-likeness (QED) is 0.520. The average Bonchev–Trinajstić information content (AvgIpc) is 3.49. The van der Waals surface area contributed by atoms with E-state index in [1.807, 2.05) is 12.1 Å². The van der Waals surface area contributed by atoms with E-state index in [4.69, 9.17) is 0 Å². The molecule has 0 spiro atoms. The van der Waals surface area contributed by atoms with Gasteiger partial charge in [-0.2, -0.15) is 0 Å². The second-order valence-electron chi connectivity index (χ2n) is 6.70. The van der Waals surface area contributed by atoms with Crippen molar-refractivity contribution in [1.29, 1.82) is 0 Å². The van der Waals surface area contributed by atoms with Crippen LogP contribution in [0.2, 0.25) is 0 Å². The molecule has 1 aliphatic carbocycles. The van der Waals surface area contributed by atoms with E-state index in [1.54, 1.807) is 18.5 Å². The van der Waals surface area contributed by atoms with Gasteiger partial charge in [0.25, 0.3) is 5.69 Å². The molecular weight excluding hydrogens is 347 g/mol. The summed E-state index contributed by atoms with van der Waals surface area (Å²) in [5.41, 5.74) is 1.90. The number of nitrogens with zero attached hydrogens (tertiary/aromatic N) is 3. The van der Waals surface area contributed by atoms with E-state index >= 15 is 0 Å². The molecule has 1 saturated carbocycles. The SMILES string of the molecule is O=[N+]([O-])c1ccc(NCC2(c3ccncc3)CC2)nc1-c1ccc(F)cc1. The molecule has 3 aromatic rings. The monoisotopic (exact) mass is 364 g/mol. The minimum absolute atomic E-state index is 0.0580. The largest absolute Gasteiger partial charge is 0.369 e. The molecule has 0 bridgehead atoms. The highest BCUT2D eigenvalue weighted by Gasteiger charge is 2.44. The van der Waals surface area contributed by atoms with Crippen molar-refractivity contribution >= 4 is 11.5 Å². The first-order chi connectivity index (χ1) is 13.1. The molecule has 136 valence electrons. The van der Waals surface area contributed by atoms with Crippen LogP contribution in [0.1, 0.15) is 18.4 Å². The van der Waals surface area contributed by atoms with Crippen molar-refractivity contribution in [3.63, 3.8) is 0 Å². The lowest BCUT2D eigenvalue weighted by Gasteiger charge is -2.17. The number of pyridine rings is 2. The van der Waals surface area contributed by atoms with Gasteiger partial charge >= 0.3 is 0 Å². The highest BCUT2D eigenvalue weighted by Crippen LogP contribution is 2.48. The van der Waals surface area contributed by atoms with E-state index in [0.29, 0.717) is 17.9 Å². The number of hydrogen-bond donors (Lipinski definition) is 1. The molecule has 1 fully saturated rings. The van der Waals surface area contributed by atoms with Crippen LogP contribution in [0.25, 0.3) is 11.3 Å². The first-order valence-electron chi connectivity index (χ1n) is 8.63. The molecule has 7 heteroatoms. The van der Waals surface area contributed by atoms with Crippen LogP contribution in [0.4, 0.5) is 15.9 Å². The highest BCUT2D eigenvalue weighted by atomic mass is 19.1. The number of aromatic nitrogens is 2. The lowest BCUT2D eigenvalue weighted by molar-refractivity contribution is -0.384. The molecule has 0 saturated heterocycles. The van der Waals surface area contributed by atoms with Gasteiger partial charge in [-0.3, -0.25) is 15.1 Å². The van der Waals surface area contributed by atoms with Gasteiger partial charge in [0.2, 0.25) is 0 Å². The Morgan fingerprint density at radius 3 is 2.41 bits per heavy atom. The van der Waals surface area contributed by atoms with Crippen molar-refractivity contribution in [3.8, 4) is 11.3 Å². The molecule has 0 amide bonds. The average molecular weight is 364 g/mol. The van der Waals surface area contributed by atoms with Gasteiger partial charge in [0, 0.05) is 36.0 Å². The second-order valence-corrected chi connectivity index (χ2v) is 6.70. The fraction of sp³-hybridized carbons (Fsp3) is 0.200. The molecule has 2 aromatic heterocycles. The number of halogens is 1. The molecule has 0 aliphatic heterocycles. The van der Waals surface area contributed by atoms with Gasteiger partial charge in [-0.1, -0.05) is 0 Å². The number of hydrogen-bond acceptors (Lipinski definition) is 5. The predicted octanol–water partition coefficient (Wildman–Crippen LogP) is 4.33. The molecule has 1 N–H and O–H groups in total. The van der Waals surface area contributed by atoms with Gasteiger partial charge in [0.1, 0.15) is 11.6 Å². The third-order valence-electron chi connectivity index (χ3n) is 4.94. The summed E-state index contributed by atoms with van der Waals surface area (Å²) < 4.78 is 13.2. The van der Waals surface area contributed by atoms with Crippen molar-refractivity contribution in [1.82, 2.24) is 9.97 Å². The molecule has 0 atom stereocenters. The van der Waals surface area contributed by atoms with Crippen LogP contribution in [0.3, 0.4) is 0 Å². The molecule has 0 radical (unpaired) electrons.